The first-order chi connectivity index (χ1) is 12.3. The van der Waals surface area contributed by atoms with Gasteiger partial charge in [0.1, 0.15) is 5.69 Å². The molecule has 0 bridgehead atoms. The molecule has 0 spiro atoms. The molecule has 9 nitrogen and oxygen atoms in total. The number of carbonyl (C=O) groups excluding carboxylic acids is 1. The van der Waals surface area contributed by atoms with Crippen molar-refractivity contribution >= 4 is 11.7 Å². The van der Waals surface area contributed by atoms with E-state index in [4.69, 9.17) is 9.15 Å². The van der Waals surface area contributed by atoms with Crippen LogP contribution in [0.3, 0.4) is 0 Å². The normalized spacial score (nSPS) is 12.0. The molecule has 1 aromatic carbocycles. The minimum absolute atomic E-state index is 0.0574. The van der Waals surface area contributed by atoms with Crippen LogP contribution in [-0.4, -0.2) is 25.7 Å². The fraction of sp³-hybridized carbons (Fsp3) is 0.235. The molecule has 0 radical (unpaired) electrons. The highest BCUT2D eigenvalue weighted by Crippen LogP contribution is 2.24. The van der Waals surface area contributed by atoms with Gasteiger partial charge in [0.2, 0.25) is 5.89 Å². The summed E-state index contributed by atoms with van der Waals surface area (Å²) in [6.07, 6.45) is 0.437. The average Bonchev–Trinajstić information content (AvgIpc) is 3.21. The van der Waals surface area contributed by atoms with Gasteiger partial charge in [-0.3, -0.25) is 10.1 Å². The van der Waals surface area contributed by atoms with Gasteiger partial charge in [-0.25, -0.2) is 4.79 Å². The Kier molecular flexibility index (Phi) is 4.53. The van der Waals surface area contributed by atoms with Crippen LogP contribution >= 0.6 is 0 Å². The number of aromatic nitrogens is 3. The third kappa shape index (κ3) is 3.46. The van der Waals surface area contributed by atoms with Crippen molar-refractivity contribution in [1.29, 1.82) is 0 Å². The Labute approximate surface area is 148 Å². The highest BCUT2D eigenvalue weighted by Gasteiger charge is 2.24. The second-order valence-electron chi connectivity index (χ2n) is 5.81. The van der Waals surface area contributed by atoms with Crippen LogP contribution < -0.4 is 0 Å². The number of aryl methyl sites for hydroxylation is 2. The Balaban J connectivity index is 1.75. The summed E-state index contributed by atoms with van der Waals surface area (Å²) >= 11 is 0. The number of esters is 1. The molecule has 1 unspecified atom stereocenters. The van der Waals surface area contributed by atoms with E-state index in [0.717, 1.165) is 17.2 Å². The molecule has 0 amide bonds. The molecule has 134 valence electrons. The lowest BCUT2D eigenvalue weighted by Gasteiger charge is -2.09. The molecule has 2 aromatic heterocycles. The molecular formula is C17H16N4O5. The fourth-order valence-electron chi connectivity index (χ4n) is 2.41. The van der Waals surface area contributed by atoms with Gasteiger partial charge in [-0.1, -0.05) is 17.7 Å². The van der Waals surface area contributed by atoms with E-state index in [1.807, 2.05) is 31.2 Å². The summed E-state index contributed by atoms with van der Waals surface area (Å²) < 4.78 is 12.2. The largest absolute Gasteiger partial charge is 0.448 e. The summed E-state index contributed by atoms with van der Waals surface area (Å²) in [5.74, 6) is -0.261. The lowest BCUT2D eigenvalue weighted by Crippen LogP contribution is -2.12. The van der Waals surface area contributed by atoms with Crippen molar-refractivity contribution in [2.45, 2.75) is 20.0 Å². The molecule has 0 N–H and O–H groups in total. The number of rotatable bonds is 5. The van der Waals surface area contributed by atoms with Gasteiger partial charge < -0.3 is 13.7 Å². The fourth-order valence-corrected chi connectivity index (χ4v) is 2.41. The van der Waals surface area contributed by atoms with Crippen LogP contribution in [0, 0.1) is 17.0 Å². The second-order valence-corrected chi connectivity index (χ2v) is 5.81. The molecule has 9 heteroatoms. The summed E-state index contributed by atoms with van der Waals surface area (Å²) in [6, 6.07) is 8.71. The second kappa shape index (κ2) is 6.79. The Morgan fingerprint density at radius 3 is 2.77 bits per heavy atom. The van der Waals surface area contributed by atoms with E-state index >= 15 is 0 Å². The van der Waals surface area contributed by atoms with Crippen LogP contribution in [0.25, 0.3) is 11.5 Å². The average molecular weight is 356 g/mol. The zero-order chi connectivity index (χ0) is 18.8. The Hall–Kier alpha value is -3.49. The van der Waals surface area contributed by atoms with Crippen molar-refractivity contribution in [3.8, 4) is 11.5 Å². The van der Waals surface area contributed by atoms with Crippen molar-refractivity contribution in [1.82, 2.24) is 14.8 Å². The molecule has 0 aliphatic rings. The number of ether oxygens (including phenoxy) is 1. The van der Waals surface area contributed by atoms with Crippen molar-refractivity contribution < 1.29 is 18.9 Å². The minimum Gasteiger partial charge on any atom is -0.448 e. The van der Waals surface area contributed by atoms with Crippen LogP contribution in [0.1, 0.15) is 35.0 Å². The highest BCUT2D eigenvalue weighted by atomic mass is 16.6. The number of nitro groups is 1. The maximum absolute atomic E-state index is 12.3. The predicted molar refractivity (Wildman–Crippen MR) is 90.4 cm³/mol. The topological polar surface area (TPSA) is 113 Å². The zero-order valence-electron chi connectivity index (χ0n) is 14.4. The van der Waals surface area contributed by atoms with E-state index in [1.165, 1.54) is 17.8 Å². The Bertz CT molecular complexity index is 975. The number of carbonyl (C=O) groups is 1. The third-order valence-electron chi connectivity index (χ3n) is 3.75. The molecule has 3 aromatic rings. The third-order valence-corrected chi connectivity index (χ3v) is 3.75. The van der Waals surface area contributed by atoms with Crippen LogP contribution in [0.5, 0.6) is 0 Å². The molecule has 1 atom stereocenters. The van der Waals surface area contributed by atoms with E-state index in [-0.39, 0.29) is 17.3 Å². The van der Waals surface area contributed by atoms with Gasteiger partial charge >= 0.3 is 5.97 Å². The first kappa shape index (κ1) is 17.3. The van der Waals surface area contributed by atoms with Gasteiger partial charge in [-0.05, 0) is 26.0 Å². The van der Waals surface area contributed by atoms with Crippen molar-refractivity contribution in [2.24, 2.45) is 7.05 Å². The van der Waals surface area contributed by atoms with Gasteiger partial charge in [-0.2, -0.15) is 0 Å². The number of benzene rings is 1. The van der Waals surface area contributed by atoms with Crippen LogP contribution in [0.2, 0.25) is 0 Å². The quantitative estimate of drug-likeness (QED) is 0.392. The van der Waals surface area contributed by atoms with Gasteiger partial charge in [0.25, 0.3) is 11.6 Å². The van der Waals surface area contributed by atoms with E-state index < -0.39 is 17.0 Å². The molecule has 3 rings (SSSR count). The Morgan fingerprint density at radius 1 is 1.35 bits per heavy atom. The summed E-state index contributed by atoms with van der Waals surface area (Å²) in [5, 5.41) is 18.7. The molecular weight excluding hydrogens is 340 g/mol. The summed E-state index contributed by atoms with van der Waals surface area (Å²) in [7, 11) is 1.52. The van der Waals surface area contributed by atoms with Crippen molar-refractivity contribution in [2.75, 3.05) is 0 Å². The first-order valence-corrected chi connectivity index (χ1v) is 7.77. The molecule has 2 heterocycles. The highest BCUT2D eigenvalue weighted by molar-refractivity contribution is 5.88. The maximum atomic E-state index is 12.3. The molecule has 0 aliphatic carbocycles. The van der Waals surface area contributed by atoms with E-state index in [1.54, 1.807) is 6.92 Å². The van der Waals surface area contributed by atoms with E-state index in [9.17, 15) is 14.9 Å². The maximum Gasteiger partial charge on any atom is 0.355 e. The number of hydrogen-bond acceptors (Lipinski definition) is 7. The van der Waals surface area contributed by atoms with Crippen LogP contribution in [0.4, 0.5) is 5.69 Å². The number of nitrogens with zero attached hydrogens (tertiary/aromatic N) is 4. The first-order valence-electron chi connectivity index (χ1n) is 7.77. The van der Waals surface area contributed by atoms with E-state index in [2.05, 4.69) is 10.2 Å². The SMILES string of the molecule is Cc1cccc(-c2nnc(C(C)OC(=O)c3cc([N+](=O)[O-])cn3C)o2)c1. The predicted octanol–water partition coefficient (Wildman–Crippen LogP) is 3.21. The van der Waals surface area contributed by atoms with Gasteiger partial charge in [-0.15, -0.1) is 10.2 Å². The van der Waals surface area contributed by atoms with E-state index in [0.29, 0.717) is 5.89 Å². The van der Waals surface area contributed by atoms with Gasteiger partial charge in [0.15, 0.2) is 6.10 Å². The zero-order valence-corrected chi connectivity index (χ0v) is 14.4. The Morgan fingerprint density at radius 2 is 2.12 bits per heavy atom. The molecule has 0 aliphatic heterocycles. The molecule has 0 saturated heterocycles. The molecule has 26 heavy (non-hydrogen) atoms. The lowest BCUT2D eigenvalue weighted by atomic mass is 10.1. The molecule has 0 saturated carbocycles. The van der Waals surface area contributed by atoms with Crippen LogP contribution in [0.15, 0.2) is 40.9 Å². The number of hydrogen-bond donors (Lipinski definition) is 0. The summed E-state index contributed by atoms with van der Waals surface area (Å²) in [6.45, 7) is 3.53. The van der Waals surface area contributed by atoms with Crippen molar-refractivity contribution in [3.05, 3.63) is 63.8 Å². The van der Waals surface area contributed by atoms with Crippen molar-refractivity contribution in [3.63, 3.8) is 0 Å². The summed E-state index contributed by atoms with van der Waals surface area (Å²) in [5.41, 5.74) is 1.68. The summed E-state index contributed by atoms with van der Waals surface area (Å²) in [4.78, 5) is 22.5. The monoisotopic (exact) mass is 356 g/mol. The van der Waals surface area contributed by atoms with Gasteiger partial charge in [0, 0.05) is 18.7 Å². The lowest BCUT2D eigenvalue weighted by molar-refractivity contribution is -0.384. The molecule has 0 fully saturated rings. The van der Waals surface area contributed by atoms with Crippen LogP contribution in [-0.2, 0) is 11.8 Å². The standard InChI is InChI=1S/C17H16N4O5/c1-10-5-4-6-12(7-10)16-19-18-15(26-16)11(2)25-17(22)14-8-13(21(23)24)9-20(14)3/h4-9,11H,1-3H3. The van der Waals surface area contributed by atoms with Gasteiger partial charge in [0.05, 0.1) is 11.1 Å². The smallest absolute Gasteiger partial charge is 0.355 e. The minimum atomic E-state index is -0.803.